The van der Waals surface area contributed by atoms with E-state index in [1.807, 2.05) is 6.07 Å². The van der Waals surface area contributed by atoms with Crippen LogP contribution in [0.4, 0.5) is 17.6 Å². The van der Waals surface area contributed by atoms with Gasteiger partial charge in [-0.3, -0.25) is 0 Å². The van der Waals surface area contributed by atoms with Crippen molar-refractivity contribution in [1.82, 2.24) is 4.98 Å². The maximum absolute atomic E-state index is 14.7. The summed E-state index contributed by atoms with van der Waals surface area (Å²) in [5.74, 6) is 0.299. The minimum atomic E-state index is -4.74. The Hall–Kier alpha value is -3.13. The van der Waals surface area contributed by atoms with Gasteiger partial charge in [0.25, 0.3) is 0 Å². The van der Waals surface area contributed by atoms with Crippen LogP contribution in [0.5, 0.6) is 11.6 Å². The minimum Gasteiger partial charge on any atom is -0.493 e. The summed E-state index contributed by atoms with van der Waals surface area (Å²) >= 11 is 0. The predicted octanol–water partition coefficient (Wildman–Crippen LogP) is 6.76. The summed E-state index contributed by atoms with van der Waals surface area (Å²) in [5.41, 5.74) is 0.450. The molecule has 3 aromatic rings. The highest BCUT2D eigenvalue weighted by Crippen LogP contribution is 2.39. The van der Waals surface area contributed by atoms with Crippen molar-refractivity contribution in [2.45, 2.75) is 58.4 Å². The first-order valence-electron chi connectivity index (χ1n) is 11.8. The number of ether oxygens (including phenoxy) is 2. The lowest BCUT2D eigenvalue weighted by Crippen LogP contribution is -2.21. The Bertz CT molecular complexity index is 1220. The monoisotopic (exact) mass is 503 g/mol. The molecule has 0 bridgehead atoms. The van der Waals surface area contributed by atoms with Crippen LogP contribution in [0, 0.1) is 11.7 Å². The summed E-state index contributed by atoms with van der Waals surface area (Å²) in [6.45, 7) is 5.47. The molecule has 1 atom stereocenters. The molecule has 1 aliphatic carbocycles. The van der Waals surface area contributed by atoms with Crippen molar-refractivity contribution in [3.05, 3.63) is 76.7 Å². The molecule has 36 heavy (non-hydrogen) atoms. The first-order chi connectivity index (χ1) is 16.9. The van der Waals surface area contributed by atoms with Crippen molar-refractivity contribution in [2.24, 2.45) is 5.92 Å². The highest BCUT2D eigenvalue weighted by molar-refractivity contribution is 5.69. The molecule has 4 nitrogen and oxygen atoms in total. The molecule has 192 valence electrons. The summed E-state index contributed by atoms with van der Waals surface area (Å²) < 4.78 is 67.2. The Kier molecular flexibility index (Phi) is 7.27. The Morgan fingerprint density at radius 2 is 1.69 bits per heavy atom. The maximum Gasteiger partial charge on any atom is 0.417 e. The fourth-order valence-electron chi connectivity index (χ4n) is 4.28. The number of benzene rings is 2. The number of alkyl halides is 3. The van der Waals surface area contributed by atoms with Gasteiger partial charge in [-0.1, -0.05) is 19.1 Å². The molecule has 1 aromatic heterocycles. The molecule has 0 aliphatic heterocycles. The van der Waals surface area contributed by atoms with Gasteiger partial charge in [-0.15, -0.1) is 0 Å². The van der Waals surface area contributed by atoms with Gasteiger partial charge in [0.15, 0.2) is 0 Å². The SMILES string of the molecule is C[C@@H]1Cc2cnc(OCc3cc(-c4ccc(OCCC(C)(C)O)cc4)c(C(F)(F)F)cc3F)cc2C1. The number of hydrogen-bond acceptors (Lipinski definition) is 4. The van der Waals surface area contributed by atoms with Crippen LogP contribution in [0.2, 0.25) is 0 Å². The molecule has 8 heteroatoms. The third-order valence-corrected chi connectivity index (χ3v) is 6.21. The summed E-state index contributed by atoms with van der Waals surface area (Å²) in [6.07, 6.45) is -0.747. The van der Waals surface area contributed by atoms with E-state index in [-0.39, 0.29) is 29.9 Å². The Balaban J connectivity index is 1.55. The largest absolute Gasteiger partial charge is 0.493 e. The molecule has 4 rings (SSSR count). The van der Waals surface area contributed by atoms with Crippen molar-refractivity contribution in [2.75, 3.05) is 6.61 Å². The highest BCUT2D eigenvalue weighted by atomic mass is 19.4. The van der Waals surface area contributed by atoms with E-state index in [9.17, 15) is 22.7 Å². The first-order valence-corrected chi connectivity index (χ1v) is 11.8. The van der Waals surface area contributed by atoms with Gasteiger partial charge in [0.1, 0.15) is 18.2 Å². The van der Waals surface area contributed by atoms with Crippen molar-refractivity contribution in [3.63, 3.8) is 0 Å². The summed E-state index contributed by atoms with van der Waals surface area (Å²) in [4.78, 5) is 4.26. The van der Waals surface area contributed by atoms with Crippen LogP contribution < -0.4 is 9.47 Å². The van der Waals surface area contributed by atoms with Gasteiger partial charge in [0.05, 0.1) is 17.8 Å². The van der Waals surface area contributed by atoms with E-state index in [0.717, 1.165) is 24.0 Å². The van der Waals surface area contributed by atoms with Crippen LogP contribution in [0.3, 0.4) is 0 Å². The van der Waals surface area contributed by atoms with Crippen molar-refractivity contribution < 1.29 is 32.1 Å². The van der Waals surface area contributed by atoms with Crippen molar-refractivity contribution >= 4 is 0 Å². The molecule has 1 aliphatic rings. The zero-order valence-corrected chi connectivity index (χ0v) is 20.5. The molecule has 1 heterocycles. The molecule has 0 amide bonds. The standard InChI is InChI=1S/C28H29F4NO3/c1-17-10-19-13-26(33-15-20(19)11-17)36-16-21-12-23(24(14-25(21)29)28(30,31)32)18-4-6-22(7-5-18)35-9-8-27(2,3)34/h4-7,12-15,17,34H,8-11,16H2,1-3H3/t17-/m0/s1. The number of pyridine rings is 1. The fourth-order valence-corrected chi connectivity index (χ4v) is 4.28. The molecule has 0 spiro atoms. The van der Waals surface area contributed by atoms with E-state index in [1.165, 1.54) is 18.2 Å². The van der Waals surface area contributed by atoms with Gasteiger partial charge in [0, 0.05) is 24.2 Å². The molecular weight excluding hydrogens is 474 g/mol. The van der Waals surface area contributed by atoms with Crippen LogP contribution in [0.25, 0.3) is 11.1 Å². The van der Waals surface area contributed by atoms with E-state index in [4.69, 9.17) is 9.47 Å². The van der Waals surface area contributed by atoms with E-state index in [1.54, 1.807) is 32.2 Å². The van der Waals surface area contributed by atoms with E-state index < -0.39 is 23.2 Å². The van der Waals surface area contributed by atoms with Gasteiger partial charge in [-0.2, -0.15) is 13.2 Å². The van der Waals surface area contributed by atoms with E-state index in [0.29, 0.717) is 30.0 Å². The van der Waals surface area contributed by atoms with E-state index >= 15 is 0 Å². The number of hydrogen-bond donors (Lipinski definition) is 1. The first kappa shape index (κ1) is 25.9. The molecule has 0 radical (unpaired) electrons. The molecule has 0 saturated heterocycles. The number of rotatable bonds is 8. The number of nitrogens with zero attached hydrogens (tertiary/aromatic N) is 1. The number of aliphatic hydroxyl groups is 1. The predicted molar refractivity (Wildman–Crippen MR) is 128 cm³/mol. The van der Waals surface area contributed by atoms with Crippen molar-refractivity contribution in [1.29, 1.82) is 0 Å². The van der Waals surface area contributed by atoms with Crippen LogP contribution in [0.15, 0.2) is 48.7 Å². The third-order valence-electron chi connectivity index (χ3n) is 6.21. The van der Waals surface area contributed by atoms with Crippen LogP contribution in [-0.2, 0) is 25.6 Å². The van der Waals surface area contributed by atoms with Gasteiger partial charge < -0.3 is 14.6 Å². The number of aromatic nitrogens is 1. The minimum absolute atomic E-state index is 0.000768. The highest BCUT2D eigenvalue weighted by Gasteiger charge is 2.35. The average Bonchev–Trinajstić information content (AvgIpc) is 3.16. The maximum atomic E-state index is 14.7. The fraction of sp³-hybridized carbons (Fsp3) is 0.393. The summed E-state index contributed by atoms with van der Waals surface area (Å²) in [6, 6.07) is 9.60. The molecule has 0 fully saturated rings. The normalized spacial score (nSPS) is 15.6. The third kappa shape index (κ3) is 6.35. The zero-order valence-electron chi connectivity index (χ0n) is 20.5. The van der Waals surface area contributed by atoms with Crippen LogP contribution >= 0.6 is 0 Å². The topological polar surface area (TPSA) is 51.6 Å². The Labute approximate surface area is 207 Å². The van der Waals surface area contributed by atoms with Crippen LogP contribution in [-0.4, -0.2) is 22.3 Å². The van der Waals surface area contributed by atoms with Gasteiger partial charge in [-0.25, -0.2) is 9.37 Å². The summed E-state index contributed by atoms with van der Waals surface area (Å²) in [5, 5.41) is 9.78. The summed E-state index contributed by atoms with van der Waals surface area (Å²) in [7, 11) is 0. The Morgan fingerprint density at radius 1 is 1.00 bits per heavy atom. The number of fused-ring (bicyclic) bond motifs is 1. The molecule has 1 N–H and O–H groups in total. The van der Waals surface area contributed by atoms with Crippen LogP contribution in [0.1, 0.15) is 49.4 Å². The number of halogens is 4. The second-order valence-corrected chi connectivity index (χ2v) is 10.0. The lowest BCUT2D eigenvalue weighted by atomic mass is 9.96. The lowest BCUT2D eigenvalue weighted by molar-refractivity contribution is -0.137. The molecular formula is C28H29F4NO3. The second kappa shape index (κ2) is 10.1. The van der Waals surface area contributed by atoms with E-state index in [2.05, 4.69) is 11.9 Å². The van der Waals surface area contributed by atoms with Gasteiger partial charge in [-0.05, 0) is 79.1 Å². The zero-order chi connectivity index (χ0) is 26.1. The Morgan fingerprint density at radius 3 is 2.36 bits per heavy atom. The lowest BCUT2D eigenvalue weighted by Gasteiger charge is -2.18. The quantitative estimate of drug-likeness (QED) is 0.345. The van der Waals surface area contributed by atoms with Crippen molar-refractivity contribution in [3.8, 4) is 22.8 Å². The molecule has 0 unspecified atom stereocenters. The molecule has 2 aromatic carbocycles. The van der Waals surface area contributed by atoms with Gasteiger partial charge in [0.2, 0.25) is 5.88 Å². The second-order valence-electron chi connectivity index (χ2n) is 10.0. The smallest absolute Gasteiger partial charge is 0.417 e. The van der Waals surface area contributed by atoms with Gasteiger partial charge >= 0.3 is 6.18 Å². The average molecular weight is 504 g/mol. The molecule has 0 saturated carbocycles.